The maximum absolute atomic E-state index is 14.3. The molecule has 3 aliphatic rings. The zero-order chi connectivity index (χ0) is 31.3. The van der Waals surface area contributed by atoms with Crippen molar-refractivity contribution in [3.05, 3.63) is 64.8 Å². The fourth-order valence-corrected chi connectivity index (χ4v) is 8.37. The Bertz CT molecular complexity index is 1470. The minimum absolute atomic E-state index is 0.0345. The van der Waals surface area contributed by atoms with Gasteiger partial charge >= 0.3 is 0 Å². The highest BCUT2D eigenvalue weighted by molar-refractivity contribution is 7.15. The summed E-state index contributed by atoms with van der Waals surface area (Å²) in [7, 11) is 3.26. The normalized spacial score (nSPS) is 23.4. The molecule has 0 unspecified atom stereocenters. The van der Waals surface area contributed by atoms with Crippen LogP contribution >= 0.6 is 11.3 Å². The number of carbonyl (C=O) groups excluding carboxylic acids is 2. The van der Waals surface area contributed by atoms with E-state index in [1.165, 1.54) is 41.0 Å². The lowest BCUT2D eigenvalue weighted by molar-refractivity contribution is -0.126. The van der Waals surface area contributed by atoms with E-state index in [2.05, 4.69) is 59.6 Å². The van der Waals surface area contributed by atoms with Gasteiger partial charge in [-0.05, 0) is 118 Å². The molecule has 8 heteroatoms. The summed E-state index contributed by atoms with van der Waals surface area (Å²) in [5, 5.41) is 4.31. The Labute approximate surface area is 271 Å². The van der Waals surface area contributed by atoms with Crippen LogP contribution in [0.25, 0.3) is 10.4 Å². The maximum Gasteiger partial charge on any atom is 0.246 e. The second kappa shape index (κ2) is 14.5. The monoisotopic (exact) mass is 629 g/mol. The number of nitrogens with zero attached hydrogens (tertiary/aromatic N) is 2. The van der Waals surface area contributed by atoms with Crippen LogP contribution < -0.4 is 15.0 Å². The number of ether oxygens (including phenoxy) is 2. The van der Waals surface area contributed by atoms with Gasteiger partial charge in [0.25, 0.3) is 0 Å². The highest BCUT2D eigenvalue weighted by Gasteiger charge is 2.33. The molecule has 3 aromatic rings. The number of hydrogen-bond donors (Lipinski definition) is 1. The minimum atomic E-state index is -0.0842. The van der Waals surface area contributed by atoms with E-state index in [4.69, 9.17) is 14.5 Å². The zero-order valence-electron chi connectivity index (χ0n) is 26.9. The molecule has 1 heterocycles. The van der Waals surface area contributed by atoms with Crippen molar-refractivity contribution in [3.63, 3.8) is 0 Å². The Hall–Kier alpha value is -3.23. The number of carbonyl (C=O) groups is 2. The van der Waals surface area contributed by atoms with Crippen molar-refractivity contribution in [1.82, 2.24) is 10.3 Å². The number of aromatic nitrogens is 1. The van der Waals surface area contributed by atoms with Crippen LogP contribution in [-0.2, 0) is 14.3 Å². The quantitative estimate of drug-likeness (QED) is 0.236. The van der Waals surface area contributed by atoms with E-state index in [0.29, 0.717) is 17.8 Å². The summed E-state index contributed by atoms with van der Waals surface area (Å²) < 4.78 is 10.5. The zero-order valence-corrected chi connectivity index (χ0v) is 27.7. The topological polar surface area (TPSA) is 80.8 Å². The lowest BCUT2D eigenvalue weighted by atomic mass is 9.78. The number of nitrogens with one attached hydrogen (secondary N) is 1. The second-order valence-electron chi connectivity index (χ2n) is 13.3. The second-order valence-corrected chi connectivity index (χ2v) is 14.4. The number of thiazole rings is 1. The summed E-state index contributed by atoms with van der Waals surface area (Å²) in [5.41, 5.74) is 4.71. The molecule has 3 saturated carbocycles. The number of hydrogen-bond acceptors (Lipinski definition) is 6. The van der Waals surface area contributed by atoms with Gasteiger partial charge in [0.15, 0.2) is 0 Å². The van der Waals surface area contributed by atoms with Crippen molar-refractivity contribution in [2.75, 3.05) is 32.3 Å². The molecule has 45 heavy (non-hydrogen) atoms. The molecule has 1 aromatic heterocycles. The number of aryl methyl sites for hydroxylation is 1. The minimum Gasteiger partial charge on any atom is -0.496 e. The number of amides is 2. The average molecular weight is 630 g/mol. The first-order chi connectivity index (χ1) is 21.9. The van der Waals surface area contributed by atoms with Crippen LogP contribution in [-0.4, -0.2) is 50.2 Å². The fraction of sp³-hybridized carbons (Fsp3) is 0.541. The first kappa shape index (κ1) is 31.7. The molecule has 0 spiro atoms. The van der Waals surface area contributed by atoms with Gasteiger partial charge in [0.2, 0.25) is 11.8 Å². The highest BCUT2D eigenvalue weighted by Crippen LogP contribution is 2.44. The van der Waals surface area contributed by atoms with Crippen molar-refractivity contribution in [2.24, 2.45) is 11.8 Å². The molecular weight excluding hydrogens is 582 g/mol. The average Bonchev–Trinajstić information content (AvgIpc) is 3.80. The van der Waals surface area contributed by atoms with Crippen molar-refractivity contribution >= 4 is 28.8 Å². The van der Waals surface area contributed by atoms with Crippen LogP contribution in [0, 0.1) is 18.8 Å². The summed E-state index contributed by atoms with van der Waals surface area (Å²) in [6.07, 6.45) is 12.2. The number of rotatable bonds is 11. The molecule has 0 saturated heterocycles. The van der Waals surface area contributed by atoms with Crippen molar-refractivity contribution < 1.29 is 19.1 Å². The maximum atomic E-state index is 14.3. The summed E-state index contributed by atoms with van der Waals surface area (Å²) in [5.74, 6) is 2.70. The van der Waals surface area contributed by atoms with Gasteiger partial charge in [-0.2, -0.15) is 0 Å². The van der Waals surface area contributed by atoms with Crippen LogP contribution in [0.1, 0.15) is 92.2 Å². The molecule has 3 fully saturated rings. The first-order valence-corrected chi connectivity index (χ1v) is 17.5. The van der Waals surface area contributed by atoms with Gasteiger partial charge in [0, 0.05) is 43.4 Å². The third-order valence-corrected chi connectivity index (χ3v) is 11.3. The molecular formula is C37H47N3O4S. The molecule has 2 amide bonds. The van der Waals surface area contributed by atoms with Gasteiger partial charge < -0.3 is 19.7 Å². The van der Waals surface area contributed by atoms with E-state index in [0.717, 1.165) is 74.9 Å². The number of anilines is 1. The Morgan fingerprint density at radius 3 is 2.38 bits per heavy atom. The standard InChI is InChI=1S/C37H47N3O4S/c1-24-19-29(15-18-33(24)44-3)26-9-7-25(8-10-26)22-40(37(42)28-13-16-31(17-14-28)39-35(41)23-43-2)32-6-4-5-30(20-32)34-21-38-36(45-34)27-11-12-27/h4-6,15,18-21,25-28,31H,7-14,16-17,22-23H2,1-3H3,(H,39,41). The van der Waals surface area contributed by atoms with Gasteiger partial charge in [-0.1, -0.05) is 24.3 Å². The van der Waals surface area contributed by atoms with Crippen molar-refractivity contribution in [3.8, 4) is 16.2 Å². The molecule has 0 atom stereocenters. The van der Waals surface area contributed by atoms with Gasteiger partial charge in [-0.3, -0.25) is 9.59 Å². The van der Waals surface area contributed by atoms with Gasteiger partial charge in [-0.15, -0.1) is 11.3 Å². The van der Waals surface area contributed by atoms with Gasteiger partial charge in [0.1, 0.15) is 12.4 Å². The number of benzene rings is 2. The lowest BCUT2D eigenvalue weighted by Crippen LogP contribution is -2.44. The molecule has 1 N–H and O–H groups in total. The van der Waals surface area contributed by atoms with Crippen LogP contribution in [0.3, 0.4) is 0 Å². The van der Waals surface area contributed by atoms with E-state index in [9.17, 15) is 9.59 Å². The lowest BCUT2D eigenvalue weighted by Gasteiger charge is -2.36. The molecule has 240 valence electrons. The third-order valence-electron chi connectivity index (χ3n) is 10.1. The van der Waals surface area contributed by atoms with Crippen LogP contribution in [0.4, 0.5) is 5.69 Å². The van der Waals surface area contributed by atoms with E-state index in [1.54, 1.807) is 18.4 Å². The van der Waals surface area contributed by atoms with E-state index >= 15 is 0 Å². The van der Waals surface area contributed by atoms with E-state index < -0.39 is 0 Å². The van der Waals surface area contributed by atoms with Crippen LogP contribution in [0.5, 0.6) is 5.75 Å². The van der Waals surface area contributed by atoms with Gasteiger partial charge in [-0.25, -0.2) is 4.98 Å². The predicted octanol–water partition coefficient (Wildman–Crippen LogP) is 7.63. The fourth-order valence-electron chi connectivity index (χ4n) is 7.29. The SMILES string of the molecule is COCC(=O)NC1CCC(C(=O)N(CC2CCC(c3ccc(OC)c(C)c3)CC2)c2cccc(-c3cnc(C4CC4)s3)c2)CC1. The Balaban J connectivity index is 1.16. The molecule has 0 radical (unpaired) electrons. The van der Waals surface area contributed by atoms with Crippen molar-refractivity contribution in [2.45, 2.75) is 89.0 Å². The summed E-state index contributed by atoms with van der Waals surface area (Å²) in [4.78, 5) is 34.4. The smallest absolute Gasteiger partial charge is 0.246 e. The van der Waals surface area contributed by atoms with Gasteiger partial charge in [0.05, 0.1) is 17.0 Å². The molecule has 2 aromatic carbocycles. The number of methoxy groups -OCH3 is 2. The Kier molecular flexibility index (Phi) is 10.2. The van der Waals surface area contributed by atoms with Crippen LogP contribution in [0.2, 0.25) is 0 Å². The van der Waals surface area contributed by atoms with E-state index in [1.807, 2.05) is 6.20 Å². The summed E-state index contributed by atoms with van der Waals surface area (Å²) in [6.45, 7) is 2.94. The summed E-state index contributed by atoms with van der Waals surface area (Å²) >= 11 is 1.79. The Morgan fingerprint density at radius 1 is 0.933 bits per heavy atom. The summed E-state index contributed by atoms with van der Waals surface area (Å²) in [6, 6.07) is 15.2. The first-order valence-electron chi connectivity index (χ1n) is 16.7. The predicted molar refractivity (Wildman–Crippen MR) is 180 cm³/mol. The highest BCUT2D eigenvalue weighted by atomic mass is 32.1. The van der Waals surface area contributed by atoms with Crippen molar-refractivity contribution in [1.29, 1.82) is 0 Å². The third kappa shape index (κ3) is 7.78. The molecule has 0 aliphatic heterocycles. The van der Waals surface area contributed by atoms with Crippen LogP contribution in [0.15, 0.2) is 48.7 Å². The largest absolute Gasteiger partial charge is 0.496 e. The molecule has 7 nitrogen and oxygen atoms in total. The Morgan fingerprint density at radius 2 is 1.69 bits per heavy atom. The van der Waals surface area contributed by atoms with E-state index in [-0.39, 0.29) is 30.4 Å². The molecule has 0 bridgehead atoms. The molecule has 6 rings (SSSR count). The molecule has 3 aliphatic carbocycles.